The zero-order valence-electron chi connectivity index (χ0n) is 23.5. The van der Waals surface area contributed by atoms with Gasteiger partial charge in [0, 0.05) is 6.92 Å². The van der Waals surface area contributed by atoms with Crippen LogP contribution in [0.4, 0.5) is 0 Å². The van der Waals surface area contributed by atoms with Gasteiger partial charge in [-0.25, -0.2) is 0 Å². The van der Waals surface area contributed by atoms with Gasteiger partial charge in [-0.2, -0.15) is 0 Å². The zero-order chi connectivity index (χ0) is 25.1. The lowest BCUT2D eigenvalue weighted by Crippen LogP contribution is -2.53. The normalized spacial score (nSPS) is 42.6. The smallest absolute Gasteiger partial charge is 0.302 e. The van der Waals surface area contributed by atoms with Crippen LogP contribution in [-0.2, 0) is 9.53 Å². The highest BCUT2D eigenvalue weighted by Gasteiger charge is 2.59. The van der Waals surface area contributed by atoms with Crippen LogP contribution in [0.3, 0.4) is 0 Å². The number of rotatable bonds is 5. The molecule has 0 heterocycles. The molecule has 0 N–H and O–H groups in total. The van der Waals surface area contributed by atoms with Crippen LogP contribution in [0.2, 0.25) is 0 Å². The first-order valence-corrected chi connectivity index (χ1v) is 14.3. The SMILES string of the molecule is C=C(CCC(C)C1CCC2C3=CCC4C(C)C(OC(C)=O)CCC4(C)C3CCC21C)C(C)(C)C. The number of allylic oxidation sites excluding steroid dienone is 3. The van der Waals surface area contributed by atoms with E-state index in [-0.39, 0.29) is 17.5 Å². The minimum atomic E-state index is -0.113. The van der Waals surface area contributed by atoms with E-state index in [4.69, 9.17) is 4.74 Å². The molecule has 0 spiro atoms. The molecule has 2 nitrogen and oxygen atoms in total. The van der Waals surface area contributed by atoms with Gasteiger partial charge in [0.25, 0.3) is 0 Å². The van der Waals surface area contributed by atoms with Gasteiger partial charge in [0.1, 0.15) is 6.10 Å². The fourth-order valence-corrected chi connectivity index (χ4v) is 9.26. The quantitative estimate of drug-likeness (QED) is 0.298. The molecule has 0 aromatic heterocycles. The van der Waals surface area contributed by atoms with Crippen molar-refractivity contribution < 1.29 is 9.53 Å². The van der Waals surface area contributed by atoms with Gasteiger partial charge in [-0.05, 0) is 110 Å². The van der Waals surface area contributed by atoms with Crippen LogP contribution in [0, 0.1) is 51.8 Å². The van der Waals surface area contributed by atoms with Crippen molar-refractivity contribution in [3.05, 3.63) is 23.8 Å². The Bertz CT molecular complexity index is 830. The number of esters is 1. The molecule has 0 radical (unpaired) electrons. The lowest BCUT2D eigenvalue weighted by molar-refractivity contribution is -0.158. The monoisotopic (exact) mass is 468 g/mol. The Labute approximate surface area is 210 Å². The van der Waals surface area contributed by atoms with E-state index in [9.17, 15) is 4.79 Å². The second kappa shape index (κ2) is 9.11. The van der Waals surface area contributed by atoms with Crippen molar-refractivity contribution in [2.24, 2.45) is 51.8 Å². The Morgan fingerprint density at radius 3 is 2.41 bits per heavy atom. The van der Waals surface area contributed by atoms with Crippen molar-refractivity contribution in [1.29, 1.82) is 0 Å². The largest absolute Gasteiger partial charge is 0.462 e. The van der Waals surface area contributed by atoms with Gasteiger partial charge in [-0.15, -0.1) is 0 Å². The number of hydrogen-bond donors (Lipinski definition) is 0. The van der Waals surface area contributed by atoms with Gasteiger partial charge < -0.3 is 4.74 Å². The van der Waals surface area contributed by atoms with Gasteiger partial charge in [-0.1, -0.05) is 72.3 Å². The van der Waals surface area contributed by atoms with Gasteiger partial charge in [0.15, 0.2) is 0 Å². The lowest BCUT2D eigenvalue weighted by atomic mass is 9.46. The number of hydrogen-bond acceptors (Lipinski definition) is 2. The molecule has 2 heteroatoms. The van der Waals surface area contributed by atoms with Crippen LogP contribution in [0.15, 0.2) is 23.8 Å². The van der Waals surface area contributed by atoms with Gasteiger partial charge in [0.2, 0.25) is 0 Å². The van der Waals surface area contributed by atoms with E-state index in [1.807, 2.05) is 5.57 Å². The average molecular weight is 469 g/mol. The first kappa shape index (κ1) is 26.0. The predicted molar refractivity (Wildman–Crippen MR) is 142 cm³/mol. The van der Waals surface area contributed by atoms with E-state index in [1.165, 1.54) is 56.9 Å². The van der Waals surface area contributed by atoms with Crippen LogP contribution in [-0.4, -0.2) is 12.1 Å². The Morgan fingerprint density at radius 2 is 1.76 bits per heavy atom. The third kappa shape index (κ3) is 4.34. The highest BCUT2D eigenvalue weighted by molar-refractivity contribution is 5.66. The number of fused-ring (bicyclic) bond motifs is 5. The van der Waals surface area contributed by atoms with E-state index in [2.05, 4.69) is 61.1 Å². The summed E-state index contributed by atoms with van der Waals surface area (Å²) in [6.45, 7) is 23.0. The molecule has 0 aromatic carbocycles. The highest BCUT2D eigenvalue weighted by atomic mass is 16.5. The molecule has 34 heavy (non-hydrogen) atoms. The van der Waals surface area contributed by atoms with E-state index < -0.39 is 0 Å². The van der Waals surface area contributed by atoms with E-state index in [0.717, 1.165) is 30.1 Å². The first-order chi connectivity index (χ1) is 15.8. The lowest BCUT2D eigenvalue weighted by Gasteiger charge is -2.59. The molecule has 4 aliphatic carbocycles. The molecule has 192 valence electrons. The molecule has 0 saturated heterocycles. The maximum absolute atomic E-state index is 11.7. The second-order valence-electron chi connectivity index (χ2n) is 14.3. The van der Waals surface area contributed by atoms with Crippen molar-refractivity contribution in [1.82, 2.24) is 0 Å². The van der Waals surface area contributed by atoms with Crippen molar-refractivity contribution in [3.8, 4) is 0 Å². The Kier molecular flexibility index (Phi) is 6.98. The maximum Gasteiger partial charge on any atom is 0.302 e. The van der Waals surface area contributed by atoms with Crippen molar-refractivity contribution in [2.45, 2.75) is 119 Å². The Morgan fingerprint density at radius 1 is 1.12 bits per heavy atom. The third-order valence-electron chi connectivity index (χ3n) is 11.6. The summed E-state index contributed by atoms with van der Waals surface area (Å²) in [6, 6.07) is 0. The molecule has 9 atom stereocenters. The topological polar surface area (TPSA) is 26.3 Å². The average Bonchev–Trinajstić information content (AvgIpc) is 3.10. The van der Waals surface area contributed by atoms with Crippen LogP contribution >= 0.6 is 0 Å². The summed E-state index contributed by atoms with van der Waals surface area (Å²) in [5.74, 6) is 4.12. The van der Waals surface area contributed by atoms with Crippen LogP contribution < -0.4 is 0 Å². The molecule has 0 aromatic rings. The zero-order valence-corrected chi connectivity index (χ0v) is 23.5. The third-order valence-corrected chi connectivity index (χ3v) is 11.6. The van der Waals surface area contributed by atoms with Crippen LogP contribution in [0.25, 0.3) is 0 Å². The first-order valence-electron chi connectivity index (χ1n) is 14.3. The van der Waals surface area contributed by atoms with Crippen LogP contribution in [0.1, 0.15) is 113 Å². The predicted octanol–water partition coefficient (Wildman–Crippen LogP) is 8.76. The molecular weight excluding hydrogens is 416 g/mol. The molecule has 4 aliphatic rings. The molecule has 3 saturated carbocycles. The summed E-state index contributed by atoms with van der Waals surface area (Å²) in [4.78, 5) is 11.7. The summed E-state index contributed by atoms with van der Waals surface area (Å²) >= 11 is 0. The molecule has 0 amide bonds. The second-order valence-corrected chi connectivity index (χ2v) is 14.3. The van der Waals surface area contributed by atoms with Crippen LogP contribution in [0.5, 0.6) is 0 Å². The summed E-state index contributed by atoms with van der Waals surface area (Å²) in [7, 11) is 0. The van der Waals surface area contributed by atoms with Crippen molar-refractivity contribution in [3.63, 3.8) is 0 Å². The van der Waals surface area contributed by atoms with Gasteiger partial charge >= 0.3 is 5.97 Å². The fraction of sp³-hybridized carbons (Fsp3) is 0.844. The van der Waals surface area contributed by atoms with E-state index >= 15 is 0 Å². The van der Waals surface area contributed by atoms with E-state index in [1.54, 1.807) is 6.92 Å². The van der Waals surface area contributed by atoms with Crippen molar-refractivity contribution in [2.75, 3.05) is 0 Å². The molecule has 4 rings (SSSR count). The highest BCUT2D eigenvalue weighted by Crippen LogP contribution is 2.67. The molecular formula is C32H52O2. The summed E-state index contributed by atoms with van der Waals surface area (Å²) in [6.07, 6.45) is 14.2. The fourth-order valence-electron chi connectivity index (χ4n) is 9.26. The molecule has 0 aliphatic heterocycles. The van der Waals surface area contributed by atoms with Gasteiger partial charge in [-0.3, -0.25) is 4.79 Å². The van der Waals surface area contributed by atoms with E-state index in [0.29, 0.717) is 22.7 Å². The molecule has 0 bridgehead atoms. The van der Waals surface area contributed by atoms with Gasteiger partial charge in [0.05, 0.1) is 0 Å². The minimum Gasteiger partial charge on any atom is -0.462 e. The minimum absolute atomic E-state index is 0.110. The molecule has 3 fully saturated rings. The number of ether oxygens (including phenoxy) is 1. The standard InChI is InChI=1S/C32H52O2/c1-20(10-11-21(2)30(5,6)7)25-14-15-27-24-12-13-26-22(3)29(34-23(4)33)17-19-32(26,9)28(24)16-18-31(25,27)8/h12,20,22,25-29H,2,10-11,13-19H2,1,3-9H3. The molecule has 9 unspecified atom stereocenters. The Balaban J connectivity index is 1.50. The Hall–Kier alpha value is -1.05. The summed E-state index contributed by atoms with van der Waals surface area (Å²) in [5, 5.41) is 0. The number of carbonyl (C=O) groups excluding carboxylic acids is 1. The van der Waals surface area contributed by atoms with Crippen molar-refractivity contribution >= 4 is 5.97 Å². The summed E-state index contributed by atoms with van der Waals surface area (Å²) in [5.41, 5.74) is 4.31. The maximum atomic E-state index is 11.7. The number of carbonyl (C=O) groups is 1. The summed E-state index contributed by atoms with van der Waals surface area (Å²) < 4.78 is 5.75.